The lowest BCUT2D eigenvalue weighted by molar-refractivity contribution is 0.224. The van der Waals surface area contributed by atoms with Crippen LogP contribution in [0.3, 0.4) is 0 Å². The summed E-state index contributed by atoms with van der Waals surface area (Å²) in [6.07, 6.45) is 1.40. The van der Waals surface area contributed by atoms with E-state index in [1.807, 2.05) is 18.4 Å². The maximum Gasteiger partial charge on any atom is 0.123 e. The molecule has 18 heavy (non-hydrogen) atoms. The molecule has 2 rings (SSSR count). The number of aliphatic hydroxyl groups excluding tert-OH is 1. The summed E-state index contributed by atoms with van der Waals surface area (Å²) < 4.78 is 13.1. The van der Waals surface area contributed by atoms with Crippen molar-refractivity contribution < 1.29 is 9.50 Å². The van der Waals surface area contributed by atoms with E-state index in [2.05, 4.69) is 4.98 Å². The van der Waals surface area contributed by atoms with Crippen LogP contribution in [0.2, 0.25) is 0 Å². The second-order valence-electron chi connectivity index (χ2n) is 4.44. The average molecular weight is 265 g/mol. The summed E-state index contributed by atoms with van der Waals surface area (Å²) in [5, 5.41) is 12.5. The van der Waals surface area contributed by atoms with Gasteiger partial charge < -0.3 is 5.11 Å². The van der Waals surface area contributed by atoms with Gasteiger partial charge in [0.1, 0.15) is 5.82 Å². The molecule has 0 saturated heterocycles. The van der Waals surface area contributed by atoms with E-state index >= 15 is 0 Å². The predicted molar refractivity (Wildman–Crippen MR) is 71.2 cm³/mol. The van der Waals surface area contributed by atoms with Gasteiger partial charge in [-0.2, -0.15) is 0 Å². The molecule has 1 aromatic heterocycles. The fraction of sp³-hybridized carbons (Fsp3) is 0.357. The molecular formula is C14H16FNOS. The van der Waals surface area contributed by atoms with Crippen LogP contribution in [0.15, 0.2) is 29.6 Å². The van der Waals surface area contributed by atoms with Gasteiger partial charge in [-0.25, -0.2) is 9.37 Å². The van der Waals surface area contributed by atoms with Crippen molar-refractivity contribution in [1.82, 2.24) is 4.98 Å². The number of rotatable bonds is 5. The first-order valence-electron chi connectivity index (χ1n) is 5.93. The zero-order valence-electron chi connectivity index (χ0n) is 10.3. The molecule has 1 atom stereocenters. The first-order chi connectivity index (χ1) is 8.67. The quantitative estimate of drug-likeness (QED) is 0.901. The highest BCUT2D eigenvalue weighted by atomic mass is 32.1. The average Bonchev–Trinajstić information content (AvgIpc) is 2.74. The number of thiazole rings is 1. The van der Waals surface area contributed by atoms with E-state index in [9.17, 15) is 9.50 Å². The first kappa shape index (κ1) is 13.2. The van der Waals surface area contributed by atoms with Crippen LogP contribution in [-0.4, -0.2) is 16.7 Å². The van der Waals surface area contributed by atoms with E-state index in [1.165, 1.54) is 12.1 Å². The van der Waals surface area contributed by atoms with E-state index in [0.717, 1.165) is 22.7 Å². The summed E-state index contributed by atoms with van der Waals surface area (Å²) in [7, 11) is 0. The van der Waals surface area contributed by atoms with Crippen molar-refractivity contribution in [3.8, 4) is 0 Å². The SMILES string of the molecule is Cc1nc(CC(CO)Cc2cccc(F)c2)cs1. The Hall–Kier alpha value is -1.26. The summed E-state index contributed by atoms with van der Waals surface area (Å²) in [6, 6.07) is 6.54. The van der Waals surface area contributed by atoms with Gasteiger partial charge in [0, 0.05) is 12.0 Å². The zero-order chi connectivity index (χ0) is 13.0. The third-order valence-electron chi connectivity index (χ3n) is 2.84. The van der Waals surface area contributed by atoms with Crippen molar-refractivity contribution >= 4 is 11.3 Å². The first-order valence-corrected chi connectivity index (χ1v) is 6.81. The molecule has 0 amide bonds. The Morgan fingerprint density at radius 1 is 1.39 bits per heavy atom. The van der Waals surface area contributed by atoms with Crippen LogP contribution >= 0.6 is 11.3 Å². The van der Waals surface area contributed by atoms with Crippen molar-refractivity contribution in [2.45, 2.75) is 19.8 Å². The lowest BCUT2D eigenvalue weighted by Gasteiger charge is -2.12. The van der Waals surface area contributed by atoms with Gasteiger partial charge in [0.25, 0.3) is 0 Å². The van der Waals surface area contributed by atoms with Crippen LogP contribution in [-0.2, 0) is 12.8 Å². The third-order valence-corrected chi connectivity index (χ3v) is 3.66. The molecule has 1 heterocycles. The highest BCUT2D eigenvalue weighted by Crippen LogP contribution is 2.17. The molecule has 0 fully saturated rings. The largest absolute Gasteiger partial charge is 0.396 e. The van der Waals surface area contributed by atoms with Crippen molar-refractivity contribution in [3.63, 3.8) is 0 Å². The standard InChI is InChI=1S/C14H16FNOS/c1-10-16-14(9-18-10)7-12(8-17)5-11-3-2-4-13(15)6-11/h2-4,6,9,12,17H,5,7-8H2,1H3. The summed E-state index contributed by atoms with van der Waals surface area (Å²) >= 11 is 1.61. The minimum atomic E-state index is -0.228. The Morgan fingerprint density at radius 3 is 2.83 bits per heavy atom. The van der Waals surface area contributed by atoms with Gasteiger partial charge in [-0.1, -0.05) is 12.1 Å². The van der Waals surface area contributed by atoms with Gasteiger partial charge in [0.05, 0.1) is 10.7 Å². The van der Waals surface area contributed by atoms with Crippen LogP contribution in [0.4, 0.5) is 4.39 Å². The molecule has 0 bridgehead atoms. The second-order valence-corrected chi connectivity index (χ2v) is 5.51. The number of halogens is 1. The van der Waals surface area contributed by atoms with Crippen molar-refractivity contribution in [2.24, 2.45) is 5.92 Å². The summed E-state index contributed by atoms with van der Waals surface area (Å²) in [6.45, 7) is 2.06. The van der Waals surface area contributed by atoms with E-state index in [1.54, 1.807) is 17.4 Å². The lowest BCUT2D eigenvalue weighted by Crippen LogP contribution is -2.13. The van der Waals surface area contributed by atoms with E-state index < -0.39 is 0 Å². The maximum absolute atomic E-state index is 13.1. The van der Waals surface area contributed by atoms with Crippen molar-refractivity contribution in [2.75, 3.05) is 6.61 Å². The molecule has 0 aliphatic heterocycles. The third kappa shape index (κ3) is 3.62. The summed E-state index contributed by atoms with van der Waals surface area (Å²) in [4.78, 5) is 4.39. The second kappa shape index (κ2) is 6.07. The smallest absolute Gasteiger partial charge is 0.123 e. The molecule has 1 unspecified atom stereocenters. The van der Waals surface area contributed by atoms with Gasteiger partial charge in [0.15, 0.2) is 0 Å². The number of hydrogen-bond donors (Lipinski definition) is 1. The normalized spacial score (nSPS) is 12.6. The topological polar surface area (TPSA) is 33.1 Å². The molecule has 0 aliphatic carbocycles. The number of aryl methyl sites for hydroxylation is 1. The number of hydrogen-bond acceptors (Lipinski definition) is 3. The zero-order valence-corrected chi connectivity index (χ0v) is 11.1. The van der Waals surface area contributed by atoms with Crippen LogP contribution in [0.25, 0.3) is 0 Å². The maximum atomic E-state index is 13.1. The van der Waals surface area contributed by atoms with Crippen molar-refractivity contribution in [1.29, 1.82) is 0 Å². The van der Waals surface area contributed by atoms with Gasteiger partial charge in [-0.05, 0) is 43.4 Å². The molecule has 0 radical (unpaired) electrons. The molecule has 1 aromatic carbocycles. The minimum absolute atomic E-state index is 0.0904. The van der Waals surface area contributed by atoms with E-state index in [0.29, 0.717) is 6.42 Å². The summed E-state index contributed by atoms with van der Waals surface area (Å²) in [5.41, 5.74) is 1.92. The molecule has 0 saturated carbocycles. The molecule has 2 aromatic rings. The van der Waals surface area contributed by atoms with Gasteiger partial charge >= 0.3 is 0 Å². The predicted octanol–water partition coefficient (Wildman–Crippen LogP) is 2.98. The van der Waals surface area contributed by atoms with E-state index in [-0.39, 0.29) is 18.3 Å². The Bertz CT molecular complexity index is 512. The van der Waals surface area contributed by atoms with Crippen molar-refractivity contribution in [3.05, 3.63) is 51.7 Å². The van der Waals surface area contributed by atoms with Gasteiger partial charge in [0.2, 0.25) is 0 Å². The number of nitrogens with zero attached hydrogens (tertiary/aromatic N) is 1. The Morgan fingerprint density at radius 2 is 2.22 bits per heavy atom. The fourth-order valence-corrected chi connectivity index (χ4v) is 2.62. The Kier molecular flexibility index (Phi) is 4.44. The highest BCUT2D eigenvalue weighted by Gasteiger charge is 2.12. The molecule has 1 N–H and O–H groups in total. The van der Waals surface area contributed by atoms with Crippen LogP contribution in [0.1, 0.15) is 16.3 Å². The molecular weight excluding hydrogens is 249 g/mol. The van der Waals surface area contributed by atoms with Crippen LogP contribution in [0.5, 0.6) is 0 Å². The van der Waals surface area contributed by atoms with Gasteiger partial charge in [-0.15, -0.1) is 11.3 Å². The number of aliphatic hydroxyl groups is 1. The monoisotopic (exact) mass is 265 g/mol. The highest BCUT2D eigenvalue weighted by molar-refractivity contribution is 7.09. The summed E-state index contributed by atoms with van der Waals surface area (Å²) in [5.74, 6) is -0.137. The minimum Gasteiger partial charge on any atom is -0.396 e. The Balaban J connectivity index is 2.01. The molecule has 0 spiro atoms. The fourth-order valence-electron chi connectivity index (χ4n) is 2.00. The number of aromatic nitrogens is 1. The molecule has 4 heteroatoms. The number of benzene rings is 1. The van der Waals surface area contributed by atoms with Crippen LogP contribution < -0.4 is 0 Å². The van der Waals surface area contributed by atoms with Gasteiger partial charge in [-0.3, -0.25) is 0 Å². The van der Waals surface area contributed by atoms with Crippen LogP contribution in [0, 0.1) is 18.7 Å². The molecule has 96 valence electrons. The lowest BCUT2D eigenvalue weighted by atomic mass is 9.96. The molecule has 0 aliphatic rings. The van der Waals surface area contributed by atoms with E-state index in [4.69, 9.17) is 0 Å². The Labute approximate surface area is 110 Å². The molecule has 2 nitrogen and oxygen atoms in total.